The third-order valence-corrected chi connectivity index (χ3v) is 2.97. The van der Waals surface area contributed by atoms with Gasteiger partial charge in [-0.25, -0.2) is 0 Å². The van der Waals surface area contributed by atoms with E-state index in [0.29, 0.717) is 12.8 Å². The number of nitriles is 1. The summed E-state index contributed by atoms with van der Waals surface area (Å²) in [4.78, 5) is 10.8. The summed E-state index contributed by atoms with van der Waals surface area (Å²) in [7, 11) is 0. The number of carbonyl (C=O) groups excluding carboxylic acids is 1. The summed E-state index contributed by atoms with van der Waals surface area (Å²) in [6, 6.07) is 4.16. The Morgan fingerprint density at radius 2 is 2.33 bits per heavy atom. The molecule has 2 rings (SSSR count). The fourth-order valence-corrected chi connectivity index (χ4v) is 2.26. The highest BCUT2D eigenvalue weighted by atomic mass is 32.1. The van der Waals surface area contributed by atoms with Gasteiger partial charge in [0.25, 0.3) is 0 Å². The molecule has 12 heavy (non-hydrogen) atoms. The van der Waals surface area contributed by atoms with Crippen LogP contribution in [0.25, 0.3) is 0 Å². The Morgan fingerprint density at radius 1 is 1.58 bits per heavy atom. The van der Waals surface area contributed by atoms with Gasteiger partial charge in [-0.2, -0.15) is 16.6 Å². The van der Waals surface area contributed by atoms with Gasteiger partial charge in [0.15, 0.2) is 0 Å². The Labute approximate surface area is 74.4 Å². The summed E-state index contributed by atoms with van der Waals surface area (Å²) in [5.74, 6) is 0.197. The Hall–Kier alpha value is -1.14. The molecule has 60 valence electrons. The number of nitrogens with zero attached hydrogens (tertiary/aromatic N) is 1. The lowest BCUT2D eigenvalue weighted by Crippen LogP contribution is -2.39. The quantitative estimate of drug-likeness (QED) is 0.657. The second kappa shape index (κ2) is 2.43. The molecule has 0 spiro atoms. The zero-order chi connectivity index (χ0) is 8.60. The van der Waals surface area contributed by atoms with Crippen molar-refractivity contribution in [1.29, 1.82) is 5.26 Å². The van der Waals surface area contributed by atoms with Crippen LogP contribution in [-0.4, -0.2) is 5.78 Å². The van der Waals surface area contributed by atoms with Crippen molar-refractivity contribution in [2.75, 3.05) is 0 Å². The molecule has 1 aliphatic carbocycles. The first-order valence-electron chi connectivity index (χ1n) is 3.72. The average Bonchev–Trinajstić information content (AvgIpc) is 2.50. The summed E-state index contributed by atoms with van der Waals surface area (Å²) < 4.78 is 0. The molecule has 0 amide bonds. The fourth-order valence-electron chi connectivity index (χ4n) is 1.51. The van der Waals surface area contributed by atoms with Crippen LogP contribution in [0.3, 0.4) is 0 Å². The largest absolute Gasteiger partial charge is 0.300 e. The van der Waals surface area contributed by atoms with E-state index in [2.05, 4.69) is 6.07 Å². The monoisotopic (exact) mass is 177 g/mol. The van der Waals surface area contributed by atoms with Gasteiger partial charge in [-0.15, -0.1) is 0 Å². The van der Waals surface area contributed by atoms with Crippen LogP contribution in [0.2, 0.25) is 0 Å². The van der Waals surface area contributed by atoms with Crippen molar-refractivity contribution in [2.24, 2.45) is 0 Å². The van der Waals surface area contributed by atoms with Crippen LogP contribution in [0, 0.1) is 11.3 Å². The Balaban J connectivity index is 2.34. The minimum Gasteiger partial charge on any atom is -0.300 e. The minimum atomic E-state index is -0.475. The standard InChI is InChI=1S/C9H7NOS/c10-6-9(3-8(11)4-9)7-1-2-12-5-7/h1-2,5H,3-4H2. The molecule has 1 heterocycles. The van der Waals surface area contributed by atoms with Gasteiger partial charge in [-0.1, -0.05) is 0 Å². The minimum absolute atomic E-state index is 0.197. The summed E-state index contributed by atoms with van der Waals surface area (Å²) >= 11 is 1.57. The van der Waals surface area contributed by atoms with Crippen LogP contribution in [0.15, 0.2) is 16.8 Å². The highest BCUT2D eigenvalue weighted by molar-refractivity contribution is 7.08. The van der Waals surface area contributed by atoms with Crippen LogP contribution >= 0.6 is 11.3 Å². The maximum Gasteiger partial charge on any atom is 0.136 e. The van der Waals surface area contributed by atoms with Crippen molar-refractivity contribution in [3.63, 3.8) is 0 Å². The molecule has 0 radical (unpaired) electrons. The predicted octanol–water partition coefficient (Wildman–Crippen LogP) is 1.87. The zero-order valence-corrected chi connectivity index (χ0v) is 7.23. The highest BCUT2D eigenvalue weighted by Gasteiger charge is 2.45. The molecule has 1 aromatic heterocycles. The van der Waals surface area contributed by atoms with Crippen molar-refractivity contribution in [3.05, 3.63) is 22.4 Å². The van der Waals surface area contributed by atoms with Gasteiger partial charge >= 0.3 is 0 Å². The lowest BCUT2D eigenvalue weighted by molar-refractivity contribution is -0.126. The zero-order valence-electron chi connectivity index (χ0n) is 6.41. The molecule has 0 unspecified atom stereocenters. The molecule has 0 saturated heterocycles. The number of carbonyl (C=O) groups is 1. The smallest absolute Gasteiger partial charge is 0.136 e. The second-order valence-corrected chi connectivity index (χ2v) is 3.88. The predicted molar refractivity (Wildman–Crippen MR) is 45.9 cm³/mol. The van der Waals surface area contributed by atoms with E-state index < -0.39 is 5.41 Å². The van der Waals surface area contributed by atoms with Crippen molar-refractivity contribution in [3.8, 4) is 6.07 Å². The van der Waals surface area contributed by atoms with E-state index in [1.165, 1.54) is 0 Å². The summed E-state index contributed by atoms with van der Waals surface area (Å²) in [6.45, 7) is 0. The van der Waals surface area contributed by atoms with Gasteiger partial charge in [-0.3, -0.25) is 4.79 Å². The van der Waals surface area contributed by atoms with Crippen LogP contribution in [-0.2, 0) is 10.2 Å². The number of Topliss-reactive ketones (excluding diaryl/α,β-unsaturated/α-hetero) is 1. The van der Waals surface area contributed by atoms with E-state index in [4.69, 9.17) is 5.26 Å². The normalized spacial score (nSPS) is 19.8. The third-order valence-electron chi connectivity index (χ3n) is 2.29. The number of hydrogen-bond donors (Lipinski definition) is 0. The van der Waals surface area contributed by atoms with E-state index in [1.54, 1.807) is 11.3 Å². The van der Waals surface area contributed by atoms with E-state index >= 15 is 0 Å². The topological polar surface area (TPSA) is 40.9 Å². The first-order chi connectivity index (χ1) is 5.77. The molecular weight excluding hydrogens is 170 g/mol. The Bertz CT molecular complexity index is 339. The molecule has 1 aliphatic rings. The summed E-state index contributed by atoms with van der Waals surface area (Å²) in [5, 5.41) is 12.8. The van der Waals surface area contributed by atoms with Gasteiger partial charge in [0.2, 0.25) is 0 Å². The number of rotatable bonds is 1. The molecule has 0 N–H and O–H groups in total. The third kappa shape index (κ3) is 0.886. The van der Waals surface area contributed by atoms with Crippen LogP contribution in [0.1, 0.15) is 18.4 Å². The summed E-state index contributed by atoms with van der Waals surface area (Å²) in [6.07, 6.45) is 0.806. The van der Waals surface area contributed by atoms with Crippen molar-refractivity contribution in [2.45, 2.75) is 18.3 Å². The number of ketones is 1. The lowest BCUT2D eigenvalue weighted by atomic mass is 9.65. The van der Waals surface area contributed by atoms with Crippen molar-refractivity contribution in [1.82, 2.24) is 0 Å². The molecule has 0 aliphatic heterocycles. The molecule has 0 aromatic carbocycles. The van der Waals surface area contributed by atoms with E-state index in [-0.39, 0.29) is 5.78 Å². The first-order valence-corrected chi connectivity index (χ1v) is 4.67. The molecule has 0 bridgehead atoms. The number of hydrogen-bond acceptors (Lipinski definition) is 3. The Kier molecular flexibility index (Phi) is 1.52. The maximum absolute atomic E-state index is 10.8. The van der Waals surface area contributed by atoms with Gasteiger partial charge in [0, 0.05) is 12.8 Å². The van der Waals surface area contributed by atoms with Gasteiger partial charge in [-0.05, 0) is 22.4 Å². The van der Waals surface area contributed by atoms with Crippen LogP contribution in [0.4, 0.5) is 0 Å². The van der Waals surface area contributed by atoms with Gasteiger partial charge in [0.05, 0.1) is 11.5 Å². The van der Waals surface area contributed by atoms with E-state index in [9.17, 15) is 4.79 Å². The Morgan fingerprint density at radius 3 is 2.75 bits per heavy atom. The molecular formula is C9H7NOS. The van der Waals surface area contributed by atoms with Gasteiger partial charge in [0.1, 0.15) is 5.78 Å². The molecule has 2 nitrogen and oxygen atoms in total. The maximum atomic E-state index is 10.8. The highest BCUT2D eigenvalue weighted by Crippen LogP contribution is 2.41. The molecule has 1 aromatic rings. The molecule has 1 fully saturated rings. The molecule has 3 heteroatoms. The van der Waals surface area contributed by atoms with E-state index in [0.717, 1.165) is 5.56 Å². The van der Waals surface area contributed by atoms with Crippen LogP contribution < -0.4 is 0 Å². The SMILES string of the molecule is N#CC1(c2ccsc2)CC(=O)C1. The van der Waals surface area contributed by atoms with E-state index in [1.807, 2.05) is 16.8 Å². The molecule has 0 atom stereocenters. The van der Waals surface area contributed by atoms with Crippen LogP contribution in [0.5, 0.6) is 0 Å². The first kappa shape index (κ1) is 7.51. The second-order valence-electron chi connectivity index (χ2n) is 3.10. The lowest BCUT2D eigenvalue weighted by Gasteiger charge is -2.32. The van der Waals surface area contributed by atoms with Gasteiger partial charge < -0.3 is 0 Å². The van der Waals surface area contributed by atoms with Crippen molar-refractivity contribution < 1.29 is 4.79 Å². The van der Waals surface area contributed by atoms with Crippen molar-refractivity contribution >= 4 is 17.1 Å². The average molecular weight is 177 g/mol. The number of thiophene rings is 1. The molecule has 1 saturated carbocycles. The fraction of sp³-hybridized carbons (Fsp3) is 0.333. The summed E-state index contributed by atoms with van der Waals surface area (Å²) in [5.41, 5.74) is 0.534.